The number of aromatic nitrogens is 8. The molecule has 4 saturated heterocycles. The first kappa shape index (κ1) is 110. The molecule has 8 aliphatic carbocycles. The number of aliphatic hydroxyl groups excluding tert-OH is 3. The highest BCUT2D eigenvalue weighted by molar-refractivity contribution is 7.73. The summed E-state index contributed by atoms with van der Waals surface area (Å²) >= 11 is 0. The van der Waals surface area contributed by atoms with E-state index < -0.39 is 196 Å². The first-order valence-electron chi connectivity index (χ1n) is 41.6. The number of ether oxygens (including phenoxy) is 12. The van der Waals surface area contributed by atoms with Crippen LogP contribution in [0.3, 0.4) is 0 Å². The molecule has 0 bridgehead atoms. The van der Waals surface area contributed by atoms with E-state index in [9.17, 15) is 101 Å². The highest BCUT2D eigenvalue weighted by Gasteiger charge is 2.58. The van der Waals surface area contributed by atoms with Crippen molar-refractivity contribution in [3.63, 3.8) is 0 Å². The monoisotopic (exact) mass is 1950 g/mol. The van der Waals surface area contributed by atoms with Crippen molar-refractivity contribution in [2.45, 2.75) is 268 Å². The summed E-state index contributed by atoms with van der Waals surface area (Å²) in [7, 11) is -15.3. The number of hydrogen-bond donors (Lipinski definition) is 10. The van der Waals surface area contributed by atoms with Gasteiger partial charge in [0.05, 0.1) is 60.8 Å². The lowest BCUT2D eigenvalue weighted by Crippen LogP contribution is -2.36. The summed E-state index contributed by atoms with van der Waals surface area (Å²) in [5.41, 5.74) is -3.96. The molecule has 16 rings (SSSR count). The molecule has 4 aromatic heterocycles. The third-order valence-corrected chi connectivity index (χ3v) is 26.2. The summed E-state index contributed by atoms with van der Waals surface area (Å²) in [6, 6.07) is 3.61. The van der Waals surface area contributed by atoms with Gasteiger partial charge in [0.1, 0.15) is 67.6 Å². The van der Waals surface area contributed by atoms with Crippen molar-refractivity contribution in [2.24, 2.45) is 5.92 Å². The van der Waals surface area contributed by atoms with E-state index >= 15 is 0 Å². The maximum atomic E-state index is 12.8. The predicted molar refractivity (Wildman–Crippen MR) is 469 cm³/mol. The third-order valence-electron chi connectivity index (χ3n) is 20.0. The van der Waals surface area contributed by atoms with E-state index in [0.717, 1.165) is 46.2 Å². The lowest BCUT2D eigenvalue weighted by molar-refractivity contribution is -0.231. The van der Waals surface area contributed by atoms with Gasteiger partial charge in [-0.25, -0.2) is 32.6 Å². The lowest BCUT2D eigenvalue weighted by atomic mass is 10.1. The first-order chi connectivity index (χ1) is 61.3. The van der Waals surface area contributed by atoms with Crippen molar-refractivity contribution in [2.75, 3.05) is 39.4 Å². The van der Waals surface area contributed by atoms with Crippen LogP contribution in [0.15, 0.2) is 160 Å². The van der Waals surface area contributed by atoms with Gasteiger partial charge in [0.25, 0.3) is 22.2 Å². The van der Waals surface area contributed by atoms with Gasteiger partial charge in [-0.1, -0.05) is 67.7 Å². The van der Waals surface area contributed by atoms with Gasteiger partial charge in [-0.2, -0.15) is 5.26 Å². The maximum absolute atomic E-state index is 12.8. The Hall–Kier alpha value is -9.05. The molecule has 12 aliphatic rings. The molecular weight excluding hydrogens is 1830 g/mol. The smallest absolute Gasteiger partial charge is 0.340 e. The number of allylic oxidation sites excluding steroid dienone is 6. The van der Waals surface area contributed by atoms with Gasteiger partial charge in [-0.05, 0) is 98.1 Å². The Morgan fingerprint density at radius 1 is 0.462 bits per heavy atom. The molecular formula is C82H118N8O38P4. The Kier molecular flexibility index (Phi) is 39.9. The fourth-order valence-electron chi connectivity index (χ4n) is 15.1. The third kappa shape index (κ3) is 36.3. The SMILES string of the molecule is C1=CC2OC2C1.C1=CCC=C1.CC(=O)OC(C)=O.CC(=O)OO.CC(=O)O[C@H]1C=C[C@@H](C)C1.CC(=O)O[C@H]1C=C[C@@H](O)C1.CC1(C)OC2C(O1)[C@@H](O)C[C@H]2n1ccc(=O)[nH]c1=O.CC1(C)OC2C(O1)[C@H](n1ccc(=O)[nH]c1=O)C[C@@H]2OCP(C)(=O)O.CC1(C)OC2C(O1)[C@H](n1ccc(=O)[nH]c1=O)C[C@@H]2OCP(C)(=O)OP(C)(=O)OP(C)(=O)O.O=c1ccn([C@H]2C=C[C@@H](O)C2)c(=O)[nH]1. The molecule has 8 heterocycles. The average molecular weight is 1950 g/mol. The summed E-state index contributed by atoms with van der Waals surface area (Å²) in [5.74, 6) is -4.34. The fourth-order valence-corrected chi connectivity index (χ4v) is 21.4. The number of hydrogen-bond acceptors (Lipinski definition) is 36. The molecule has 0 aromatic carbocycles. The molecule has 7 fully saturated rings. The Bertz CT molecular complexity index is 5490. The molecule has 0 radical (unpaired) electrons. The minimum atomic E-state index is -4.14. The normalized spacial score (nSPS) is 30.2. The van der Waals surface area contributed by atoms with Crippen molar-refractivity contribution in [1.82, 2.24) is 38.2 Å². The number of nitrogens with one attached hydrogen (secondary N) is 4. The predicted octanol–water partition coefficient (Wildman–Crippen LogP) is 5.02. The summed E-state index contributed by atoms with van der Waals surface area (Å²) in [6.45, 7) is 23.0. The van der Waals surface area contributed by atoms with Crippen LogP contribution in [0.5, 0.6) is 0 Å². The van der Waals surface area contributed by atoms with Crippen LogP contribution in [-0.2, 0) is 113 Å². The number of aromatic amines is 4. The van der Waals surface area contributed by atoms with Gasteiger partial charge < -0.3 is 86.8 Å². The van der Waals surface area contributed by atoms with Crippen LogP contribution < -0.4 is 45.0 Å². The van der Waals surface area contributed by atoms with Gasteiger partial charge in [0.15, 0.2) is 17.4 Å². The Morgan fingerprint density at radius 3 is 1.16 bits per heavy atom. The number of esters is 4. The summed E-state index contributed by atoms with van der Waals surface area (Å²) < 4.78 is 128. The molecule has 24 atom stereocenters. The van der Waals surface area contributed by atoms with Gasteiger partial charge in [0.2, 0.25) is 14.7 Å². The number of carbonyl (C=O) groups excluding carboxylic acids is 5. The minimum absolute atomic E-state index is 0.0347. The van der Waals surface area contributed by atoms with E-state index in [1.165, 1.54) is 102 Å². The van der Waals surface area contributed by atoms with Crippen LogP contribution in [0.4, 0.5) is 0 Å². The molecule has 0 amide bonds. The maximum Gasteiger partial charge on any atom is 0.340 e. The number of rotatable bonds is 16. The fraction of sp³-hybridized carbons (Fsp3) is 0.598. The molecule has 4 aliphatic heterocycles. The van der Waals surface area contributed by atoms with Crippen LogP contribution in [-0.4, -0.2) is 247 Å². The average Bonchev–Trinajstić information content (AvgIpc) is 1.61. The van der Waals surface area contributed by atoms with Crippen LogP contribution >= 0.6 is 29.9 Å². The number of nitrogens with zero attached hydrogens (tertiary/aromatic N) is 4. The second-order valence-electron chi connectivity index (χ2n) is 33.6. The lowest BCUT2D eigenvalue weighted by Gasteiger charge is -2.25. The van der Waals surface area contributed by atoms with Crippen molar-refractivity contribution in [3.8, 4) is 0 Å². The zero-order chi connectivity index (χ0) is 98.5. The number of aliphatic hydroxyl groups is 3. The Balaban J connectivity index is 0.000000213. The molecule has 10 N–H and O–H groups in total. The Labute approximate surface area is 755 Å². The molecule has 734 valence electrons. The second kappa shape index (κ2) is 47.9. The zero-order valence-corrected chi connectivity index (χ0v) is 79.1. The number of H-pyrrole nitrogens is 4. The van der Waals surface area contributed by atoms with Crippen LogP contribution in [0.2, 0.25) is 0 Å². The van der Waals surface area contributed by atoms with E-state index in [2.05, 4.69) is 83.3 Å². The molecule has 50 heteroatoms. The standard InChI is InChI=1S/C16H27N2O11P3.C14H21N2O7P.C12H16N2O5.C9H10N2O3.C8H12O2.C7H10O3.C5H6O.C5H6.C4H6O3.C2H4O3/c1-16(2)26-13-10(18-7-6-12(19)17-15(18)20)8-11(14(13)27-16)25-9-30(3,21)28-32(5,24)29-31(4,22)23;1-14(2)22-11-8(16-5-4-10(17)15-13(16)18)6-9(12(11)23-14)21-7-24(3,19)20;1-12(2)18-9-6(5-7(15)10(9)19-12)14-4-3-8(16)13-11(14)17;12-7-2-1-6(5-7)11-4-3-8(13)10-9(11)14;1-6-3-4-8(5-6)10-7(2)9;1-5(8)10-7-3-2-6(9)4-7;1-2-4-5(3-1)6-4;1-2-4-5-3-1;1-3(5)7-4(2)6;1-2(3)5-4/h6-7,10-11,13-14H,8-9H2,1-5H3,(H,22,23)(H,17,19,20);4-5,8-9,11-12H,6-7H2,1-3H3,(H,19,20)(H,15,17,18);3-4,6-7,9-10,15H,5H2,1-2H3,(H,13,16,17);1-4,6-7,12H,5H2,(H,10,13,14);3-4,6,8H,5H2,1-2H3;2-3,6-7,9H,4H2,1H3;1-2,4-5H,3H2;1-4H,5H2;1-2H3;4H,1H3/t10-,11+,13?,14?,30?,32?;8-,9+,11?,12?;6-,7+,9?,10?;6-,7+;6-,8+;6-,7+;;;;/m111011..../s1. The van der Waals surface area contributed by atoms with Crippen molar-refractivity contribution >= 4 is 59.8 Å². The minimum Gasteiger partial charge on any atom is -0.458 e. The molecule has 3 saturated carbocycles. The molecule has 132 heavy (non-hydrogen) atoms. The highest BCUT2D eigenvalue weighted by atomic mass is 31.3. The zero-order valence-electron chi connectivity index (χ0n) is 75.5. The van der Waals surface area contributed by atoms with Gasteiger partial charge >= 0.3 is 67.8 Å². The van der Waals surface area contributed by atoms with Crippen LogP contribution in [0, 0.1) is 5.92 Å². The molecule has 46 nitrogen and oxygen atoms in total. The van der Waals surface area contributed by atoms with Crippen molar-refractivity contribution in [1.29, 1.82) is 0 Å². The van der Waals surface area contributed by atoms with E-state index in [1.807, 2.05) is 6.08 Å². The summed E-state index contributed by atoms with van der Waals surface area (Å²) in [5, 5.41) is 35.5. The van der Waals surface area contributed by atoms with Crippen molar-refractivity contribution in [3.05, 3.63) is 205 Å². The topological polar surface area (TPSA) is 636 Å². The van der Waals surface area contributed by atoms with E-state index in [-0.39, 0.29) is 49.0 Å². The van der Waals surface area contributed by atoms with Crippen molar-refractivity contribution < 1.29 is 143 Å². The van der Waals surface area contributed by atoms with Crippen LogP contribution in [0.25, 0.3) is 0 Å². The number of carbonyl (C=O) groups is 5. The largest absolute Gasteiger partial charge is 0.458 e. The number of epoxide rings is 1. The highest BCUT2D eigenvalue weighted by Crippen LogP contribution is 2.67. The summed E-state index contributed by atoms with van der Waals surface area (Å²) in [6.07, 6.45) is 28.7. The van der Waals surface area contributed by atoms with Gasteiger partial charge in [-0.3, -0.25) is 94.8 Å². The van der Waals surface area contributed by atoms with E-state index in [0.29, 0.717) is 43.8 Å². The van der Waals surface area contributed by atoms with Gasteiger partial charge in [-0.15, -0.1) is 0 Å². The van der Waals surface area contributed by atoms with E-state index in [1.54, 1.807) is 65.8 Å². The van der Waals surface area contributed by atoms with Gasteiger partial charge in [0, 0.05) is 123 Å². The second-order valence-corrected chi connectivity index (χ2v) is 42.7. The van der Waals surface area contributed by atoms with Crippen LogP contribution in [0.1, 0.15) is 159 Å². The Morgan fingerprint density at radius 2 is 0.848 bits per heavy atom. The first-order valence-corrected chi connectivity index (χ1v) is 50.2. The summed E-state index contributed by atoms with van der Waals surface area (Å²) in [4.78, 5) is 172. The molecule has 0 spiro atoms. The number of fused-ring (bicyclic) bond motifs is 4. The molecule has 12 unspecified atom stereocenters. The van der Waals surface area contributed by atoms with E-state index in [4.69, 9.17) is 66.8 Å². The molecule has 4 aromatic rings. The quantitative estimate of drug-likeness (QED) is 0.0103.